The summed E-state index contributed by atoms with van der Waals surface area (Å²) >= 11 is 1.57. The van der Waals surface area contributed by atoms with Gasteiger partial charge in [0.25, 0.3) is 0 Å². The van der Waals surface area contributed by atoms with Crippen LogP contribution in [0.3, 0.4) is 0 Å². The molecule has 3 heterocycles. The summed E-state index contributed by atoms with van der Waals surface area (Å²) in [5.74, 6) is 1.36. The second-order valence-electron chi connectivity index (χ2n) is 6.58. The topological polar surface area (TPSA) is 54.0 Å². The lowest BCUT2D eigenvalue weighted by Gasteiger charge is -2.28. The highest BCUT2D eigenvalue weighted by molar-refractivity contribution is 7.13. The van der Waals surface area contributed by atoms with E-state index in [1.165, 1.54) is 31.4 Å². The van der Waals surface area contributed by atoms with Gasteiger partial charge in [-0.3, -0.25) is 4.79 Å². The second-order valence-corrected chi connectivity index (χ2v) is 7.44. The normalized spacial score (nSPS) is 30.8. The van der Waals surface area contributed by atoms with E-state index < -0.39 is 0 Å². The number of carbonyl (C=O) groups excluding carboxylic acids is 1. The Balaban J connectivity index is 0.00000132. The standard InChI is InChI=1S/C15H21N3OS.ClH/c19-14(7-9-5-11-3-4-12(6-9)16-11)18-15-17-13(8-20-15)10-1-2-10;/h8-12,16H,1-7H2,(H,17,18,19);1H. The second kappa shape index (κ2) is 6.23. The largest absolute Gasteiger partial charge is 0.311 e. The Kier molecular flexibility index (Phi) is 4.52. The Hall–Kier alpha value is -0.650. The van der Waals surface area contributed by atoms with Crippen molar-refractivity contribution in [2.75, 3.05) is 5.32 Å². The van der Waals surface area contributed by atoms with Crippen molar-refractivity contribution in [1.82, 2.24) is 10.3 Å². The van der Waals surface area contributed by atoms with E-state index in [-0.39, 0.29) is 18.3 Å². The van der Waals surface area contributed by atoms with E-state index in [0.29, 0.717) is 30.3 Å². The van der Waals surface area contributed by atoms with Gasteiger partial charge in [0, 0.05) is 29.8 Å². The lowest BCUT2D eigenvalue weighted by atomic mass is 9.89. The highest BCUT2D eigenvalue weighted by Gasteiger charge is 2.34. The molecular formula is C15H22ClN3OS. The van der Waals surface area contributed by atoms with E-state index in [9.17, 15) is 4.79 Å². The van der Waals surface area contributed by atoms with Crippen molar-refractivity contribution in [2.24, 2.45) is 5.92 Å². The number of anilines is 1. The van der Waals surface area contributed by atoms with Crippen molar-refractivity contribution >= 4 is 34.8 Å². The maximum Gasteiger partial charge on any atom is 0.226 e. The first kappa shape index (κ1) is 15.3. The SMILES string of the molecule is Cl.O=C(CC1CC2CCC(C1)N2)Nc1nc(C2CC2)cs1. The number of halogens is 1. The smallest absolute Gasteiger partial charge is 0.226 e. The van der Waals surface area contributed by atoms with E-state index >= 15 is 0 Å². The Labute approximate surface area is 135 Å². The number of amides is 1. The third-order valence-electron chi connectivity index (χ3n) is 4.81. The molecule has 0 radical (unpaired) electrons. The van der Waals surface area contributed by atoms with Crippen molar-refractivity contribution in [3.8, 4) is 0 Å². The number of aromatic nitrogens is 1. The van der Waals surface area contributed by atoms with Crippen LogP contribution in [0, 0.1) is 5.92 Å². The molecule has 21 heavy (non-hydrogen) atoms. The molecule has 2 N–H and O–H groups in total. The first-order valence-corrected chi connectivity index (χ1v) is 8.65. The zero-order valence-electron chi connectivity index (χ0n) is 12.0. The van der Waals surface area contributed by atoms with E-state index in [0.717, 1.165) is 18.0 Å². The molecule has 4 rings (SSSR count). The van der Waals surface area contributed by atoms with Gasteiger partial charge in [0.15, 0.2) is 5.13 Å². The van der Waals surface area contributed by atoms with Gasteiger partial charge in [-0.2, -0.15) is 0 Å². The summed E-state index contributed by atoms with van der Waals surface area (Å²) in [7, 11) is 0. The van der Waals surface area contributed by atoms with E-state index in [4.69, 9.17) is 0 Å². The van der Waals surface area contributed by atoms with Crippen LogP contribution in [-0.2, 0) is 4.79 Å². The van der Waals surface area contributed by atoms with Crippen LogP contribution in [0.5, 0.6) is 0 Å². The molecule has 2 aliphatic heterocycles. The van der Waals surface area contributed by atoms with Crippen molar-refractivity contribution in [2.45, 2.75) is 62.9 Å². The van der Waals surface area contributed by atoms with Crippen LogP contribution in [0.15, 0.2) is 5.38 Å². The first-order valence-electron chi connectivity index (χ1n) is 7.77. The number of carbonyl (C=O) groups is 1. The molecule has 1 saturated carbocycles. The zero-order valence-corrected chi connectivity index (χ0v) is 13.6. The van der Waals surface area contributed by atoms with Gasteiger partial charge in [-0.1, -0.05) is 0 Å². The van der Waals surface area contributed by atoms with E-state index in [2.05, 4.69) is 21.0 Å². The van der Waals surface area contributed by atoms with E-state index in [1.54, 1.807) is 11.3 Å². The highest BCUT2D eigenvalue weighted by atomic mass is 35.5. The number of thiazole rings is 1. The molecule has 2 atom stereocenters. The molecule has 4 nitrogen and oxygen atoms in total. The molecule has 2 bridgehead atoms. The third kappa shape index (κ3) is 3.58. The van der Waals surface area contributed by atoms with Gasteiger partial charge in [-0.25, -0.2) is 4.98 Å². The highest BCUT2D eigenvalue weighted by Crippen LogP contribution is 2.41. The van der Waals surface area contributed by atoms with Gasteiger partial charge in [-0.15, -0.1) is 23.7 Å². The molecule has 0 aromatic carbocycles. The minimum Gasteiger partial charge on any atom is -0.311 e. The van der Waals surface area contributed by atoms with Crippen molar-refractivity contribution < 1.29 is 4.79 Å². The summed E-state index contributed by atoms with van der Waals surface area (Å²) in [4.78, 5) is 16.7. The van der Waals surface area contributed by atoms with Gasteiger partial charge in [0.1, 0.15) is 0 Å². The molecule has 1 aromatic rings. The summed E-state index contributed by atoms with van der Waals surface area (Å²) in [5, 5.41) is 9.50. The van der Waals surface area contributed by atoms with Crippen molar-refractivity contribution in [3.05, 3.63) is 11.1 Å². The summed E-state index contributed by atoms with van der Waals surface area (Å²) in [6.07, 6.45) is 8.08. The predicted octanol–water partition coefficient (Wildman–Crippen LogP) is 3.30. The number of rotatable bonds is 4. The molecule has 1 amide bonds. The van der Waals surface area contributed by atoms with Crippen LogP contribution in [0.4, 0.5) is 5.13 Å². The fourth-order valence-corrected chi connectivity index (χ4v) is 4.49. The number of nitrogens with one attached hydrogen (secondary N) is 2. The Morgan fingerprint density at radius 3 is 2.67 bits per heavy atom. The fourth-order valence-electron chi connectivity index (χ4n) is 3.68. The molecule has 6 heteroatoms. The lowest BCUT2D eigenvalue weighted by molar-refractivity contribution is -0.117. The summed E-state index contributed by atoms with van der Waals surface area (Å²) < 4.78 is 0. The molecule has 2 unspecified atom stereocenters. The molecule has 1 aliphatic carbocycles. The fraction of sp³-hybridized carbons (Fsp3) is 0.733. The van der Waals surface area contributed by atoms with Gasteiger partial charge in [0.2, 0.25) is 5.91 Å². The maximum atomic E-state index is 12.1. The lowest BCUT2D eigenvalue weighted by Crippen LogP contribution is -2.39. The molecular weight excluding hydrogens is 306 g/mol. The van der Waals surface area contributed by atoms with Gasteiger partial charge < -0.3 is 10.6 Å². The average molecular weight is 328 g/mol. The molecule has 3 aliphatic rings. The van der Waals surface area contributed by atoms with Gasteiger partial charge in [0.05, 0.1) is 5.69 Å². The van der Waals surface area contributed by atoms with Crippen molar-refractivity contribution in [3.63, 3.8) is 0 Å². The van der Waals surface area contributed by atoms with Crippen LogP contribution in [0.25, 0.3) is 0 Å². The van der Waals surface area contributed by atoms with E-state index in [1.807, 2.05) is 0 Å². The minimum absolute atomic E-state index is 0. The quantitative estimate of drug-likeness (QED) is 0.892. The van der Waals surface area contributed by atoms with Gasteiger partial charge >= 0.3 is 0 Å². The molecule has 1 aromatic heterocycles. The number of hydrogen-bond acceptors (Lipinski definition) is 4. The summed E-state index contributed by atoms with van der Waals surface area (Å²) in [6, 6.07) is 1.32. The molecule has 0 spiro atoms. The Morgan fingerprint density at radius 2 is 2.00 bits per heavy atom. The number of fused-ring (bicyclic) bond motifs is 2. The third-order valence-corrected chi connectivity index (χ3v) is 5.58. The van der Waals surface area contributed by atoms with Crippen LogP contribution in [-0.4, -0.2) is 23.0 Å². The monoisotopic (exact) mass is 327 g/mol. The number of hydrogen-bond donors (Lipinski definition) is 2. The molecule has 2 saturated heterocycles. The summed E-state index contributed by atoms with van der Waals surface area (Å²) in [5.41, 5.74) is 1.17. The Morgan fingerprint density at radius 1 is 1.29 bits per heavy atom. The predicted molar refractivity (Wildman–Crippen MR) is 87.3 cm³/mol. The minimum atomic E-state index is 0. The Bertz CT molecular complexity index is 505. The maximum absolute atomic E-state index is 12.1. The molecule has 3 fully saturated rings. The van der Waals surface area contributed by atoms with Crippen LogP contribution < -0.4 is 10.6 Å². The summed E-state index contributed by atoms with van der Waals surface area (Å²) in [6.45, 7) is 0. The van der Waals surface area contributed by atoms with Crippen molar-refractivity contribution in [1.29, 1.82) is 0 Å². The van der Waals surface area contributed by atoms with Crippen LogP contribution in [0.2, 0.25) is 0 Å². The zero-order chi connectivity index (χ0) is 13.5. The first-order chi connectivity index (χ1) is 9.76. The number of piperidine rings is 1. The molecule has 116 valence electrons. The average Bonchev–Trinajstić information content (AvgIpc) is 3.08. The number of nitrogens with zero attached hydrogens (tertiary/aromatic N) is 1. The van der Waals surface area contributed by atoms with Crippen LogP contribution in [0.1, 0.15) is 56.6 Å². The van der Waals surface area contributed by atoms with Crippen LogP contribution >= 0.6 is 23.7 Å². The van der Waals surface area contributed by atoms with Gasteiger partial charge in [-0.05, 0) is 44.4 Å².